The smallest absolute Gasteiger partial charge is 0.0154 e. The van der Waals surface area contributed by atoms with Crippen LogP contribution in [0.3, 0.4) is 0 Å². The molecule has 1 heteroatoms. The standard InChI is InChI=1S/C18H23P/c1-5-8-13-16(4)19(17(7-3)12-6-2)18-14-10-9-11-15-18/h5-15H,1-4H3/b8-5-,12-6-,16-13+,17-7+. The first-order chi connectivity index (χ1) is 9.24. The first kappa shape index (κ1) is 15.7. The van der Waals surface area contributed by atoms with E-state index in [1.54, 1.807) is 0 Å². The molecule has 1 aromatic carbocycles. The molecule has 0 N–H and O–H groups in total. The van der Waals surface area contributed by atoms with Crippen molar-refractivity contribution in [3.63, 3.8) is 0 Å². The zero-order valence-corrected chi connectivity index (χ0v) is 13.2. The Kier molecular flexibility index (Phi) is 7.15. The molecule has 0 spiro atoms. The van der Waals surface area contributed by atoms with Crippen LogP contribution < -0.4 is 5.30 Å². The fraction of sp³-hybridized carbons (Fsp3) is 0.222. The highest BCUT2D eigenvalue weighted by molar-refractivity contribution is 7.73. The molecular formula is C18H23P. The second-order valence-electron chi connectivity index (χ2n) is 4.22. The Hall–Kier alpha value is -1.39. The molecule has 0 aliphatic carbocycles. The highest BCUT2D eigenvalue weighted by Crippen LogP contribution is 2.51. The molecule has 1 unspecified atom stereocenters. The molecule has 0 nitrogen and oxygen atoms in total. The number of hydrogen-bond donors (Lipinski definition) is 0. The third-order valence-corrected chi connectivity index (χ3v) is 5.38. The van der Waals surface area contributed by atoms with Gasteiger partial charge in [-0.25, -0.2) is 0 Å². The van der Waals surface area contributed by atoms with Gasteiger partial charge < -0.3 is 0 Å². The van der Waals surface area contributed by atoms with Crippen LogP contribution in [0.4, 0.5) is 0 Å². The van der Waals surface area contributed by atoms with Crippen molar-refractivity contribution < 1.29 is 0 Å². The van der Waals surface area contributed by atoms with E-state index >= 15 is 0 Å². The van der Waals surface area contributed by atoms with E-state index < -0.39 is 7.92 Å². The molecule has 0 heterocycles. The van der Waals surface area contributed by atoms with Crippen LogP contribution in [0.5, 0.6) is 0 Å². The molecule has 0 fully saturated rings. The van der Waals surface area contributed by atoms with Crippen LogP contribution in [0, 0.1) is 0 Å². The van der Waals surface area contributed by atoms with Gasteiger partial charge in [-0.3, -0.25) is 0 Å². The van der Waals surface area contributed by atoms with Crippen molar-refractivity contribution in [3.05, 3.63) is 77.4 Å². The minimum atomic E-state index is -0.414. The molecule has 0 saturated carbocycles. The van der Waals surface area contributed by atoms with Crippen LogP contribution in [0.2, 0.25) is 0 Å². The fourth-order valence-electron chi connectivity index (χ4n) is 1.91. The zero-order chi connectivity index (χ0) is 14.1. The van der Waals surface area contributed by atoms with Gasteiger partial charge in [0.05, 0.1) is 0 Å². The average Bonchev–Trinajstić information content (AvgIpc) is 2.45. The van der Waals surface area contributed by atoms with Crippen molar-refractivity contribution in [2.24, 2.45) is 0 Å². The Morgan fingerprint density at radius 1 is 1.00 bits per heavy atom. The van der Waals surface area contributed by atoms with Gasteiger partial charge in [0.15, 0.2) is 0 Å². The molecule has 0 bridgehead atoms. The summed E-state index contributed by atoms with van der Waals surface area (Å²) in [6, 6.07) is 10.8. The van der Waals surface area contributed by atoms with E-state index in [1.807, 2.05) is 0 Å². The molecule has 0 aliphatic heterocycles. The number of allylic oxidation sites excluding steroid dienone is 8. The van der Waals surface area contributed by atoms with Gasteiger partial charge in [-0.2, -0.15) is 0 Å². The number of benzene rings is 1. The van der Waals surface area contributed by atoms with E-state index in [-0.39, 0.29) is 0 Å². The summed E-state index contributed by atoms with van der Waals surface area (Å²) >= 11 is 0. The molecule has 1 rings (SSSR count). The van der Waals surface area contributed by atoms with Crippen LogP contribution in [0.25, 0.3) is 0 Å². The summed E-state index contributed by atoms with van der Waals surface area (Å²) in [7, 11) is -0.414. The van der Waals surface area contributed by atoms with Crippen LogP contribution in [0.15, 0.2) is 77.4 Å². The summed E-state index contributed by atoms with van der Waals surface area (Å²) in [6.07, 6.45) is 13.0. The lowest BCUT2D eigenvalue weighted by Gasteiger charge is -2.20. The van der Waals surface area contributed by atoms with E-state index in [1.165, 1.54) is 15.9 Å². The summed E-state index contributed by atoms with van der Waals surface area (Å²) in [5.41, 5.74) is 0. The maximum atomic E-state index is 2.23. The van der Waals surface area contributed by atoms with E-state index in [9.17, 15) is 0 Å². The van der Waals surface area contributed by atoms with Crippen molar-refractivity contribution >= 4 is 13.2 Å². The highest BCUT2D eigenvalue weighted by atomic mass is 31.1. The molecule has 0 aromatic heterocycles. The molecule has 1 aromatic rings. The normalized spacial score (nSPS) is 15.4. The monoisotopic (exact) mass is 270 g/mol. The number of rotatable bonds is 5. The first-order valence-corrected chi connectivity index (χ1v) is 8.02. The van der Waals surface area contributed by atoms with Gasteiger partial charge in [0.2, 0.25) is 0 Å². The lowest BCUT2D eigenvalue weighted by Crippen LogP contribution is -2.01. The van der Waals surface area contributed by atoms with Crippen LogP contribution in [0.1, 0.15) is 27.7 Å². The summed E-state index contributed by atoms with van der Waals surface area (Å²) in [4.78, 5) is 0. The van der Waals surface area contributed by atoms with Crippen LogP contribution in [-0.4, -0.2) is 0 Å². The van der Waals surface area contributed by atoms with Gasteiger partial charge in [0.25, 0.3) is 0 Å². The van der Waals surface area contributed by atoms with Gasteiger partial charge >= 0.3 is 0 Å². The highest BCUT2D eigenvalue weighted by Gasteiger charge is 2.15. The molecule has 0 amide bonds. The lowest BCUT2D eigenvalue weighted by atomic mass is 10.4. The predicted octanol–water partition coefficient (Wildman–Crippen LogP) is 5.75. The molecule has 19 heavy (non-hydrogen) atoms. The Labute approximate surface area is 119 Å². The van der Waals surface area contributed by atoms with Gasteiger partial charge in [-0.1, -0.05) is 66.8 Å². The van der Waals surface area contributed by atoms with Crippen LogP contribution >= 0.6 is 7.92 Å². The molecule has 0 radical (unpaired) electrons. The van der Waals surface area contributed by atoms with Crippen LogP contribution in [-0.2, 0) is 0 Å². The Bertz CT molecular complexity index is 490. The Morgan fingerprint density at radius 3 is 2.21 bits per heavy atom. The maximum absolute atomic E-state index is 2.23. The maximum Gasteiger partial charge on any atom is -0.0154 e. The summed E-state index contributed by atoms with van der Waals surface area (Å²) < 4.78 is 0. The van der Waals surface area contributed by atoms with Gasteiger partial charge in [0.1, 0.15) is 0 Å². The third-order valence-electron chi connectivity index (χ3n) is 2.79. The third kappa shape index (κ3) is 4.65. The minimum Gasteiger partial charge on any atom is -0.0876 e. The van der Waals surface area contributed by atoms with Crippen molar-refractivity contribution in [2.75, 3.05) is 0 Å². The van der Waals surface area contributed by atoms with Gasteiger partial charge in [-0.05, 0) is 51.5 Å². The van der Waals surface area contributed by atoms with Crippen molar-refractivity contribution in [1.29, 1.82) is 0 Å². The second kappa shape index (κ2) is 8.67. The summed E-state index contributed by atoms with van der Waals surface area (Å²) in [6.45, 7) is 8.48. The molecule has 1 atom stereocenters. The van der Waals surface area contributed by atoms with Gasteiger partial charge in [-0.15, -0.1) is 0 Å². The SMILES string of the molecule is C/C=C\C=C(/C)P(C(/C=C\C)=C/C)c1ccccc1. The molecule has 0 aliphatic rings. The molecule has 0 saturated heterocycles. The van der Waals surface area contributed by atoms with Crippen molar-refractivity contribution in [3.8, 4) is 0 Å². The fourth-order valence-corrected chi connectivity index (χ4v) is 4.29. The molecule has 100 valence electrons. The largest absolute Gasteiger partial charge is 0.0876 e. The number of hydrogen-bond acceptors (Lipinski definition) is 0. The lowest BCUT2D eigenvalue weighted by molar-refractivity contribution is 1.60. The summed E-state index contributed by atoms with van der Waals surface area (Å²) in [5, 5.41) is 4.23. The quantitative estimate of drug-likeness (QED) is 0.472. The van der Waals surface area contributed by atoms with Crippen molar-refractivity contribution in [1.82, 2.24) is 0 Å². The second-order valence-corrected chi connectivity index (χ2v) is 6.63. The van der Waals surface area contributed by atoms with Crippen molar-refractivity contribution in [2.45, 2.75) is 27.7 Å². The Balaban J connectivity index is 3.26. The van der Waals surface area contributed by atoms with Gasteiger partial charge in [0, 0.05) is 0 Å². The Morgan fingerprint density at radius 2 is 1.68 bits per heavy atom. The van der Waals surface area contributed by atoms with E-state index in [0.29, 0.717) is 0 Å². The van der Waals surface area contributed by atoms with E-state index in [0.717, 1.165) is 0 Å². The van der Waals surface area contributed by atoms with E-state index in [2.05, 4.69) is 94.5 Å². The first-order valence-electron chi connectivity index (χ1n) is 6.68. The average molecular weight is 270 g/mol. The topological polar surface area (TPSA) is 0 Å². The summed E-state index contributed by atoms with van der Waals surface area (Å²) in [5.74, 6) is 0. The van der Waals surface area contributed by atoms with E-state index in [4.69, 9.17) is 0 Å². The molecular weight excluding hydrogens is 247 g/mol. The predicted molar refractivity (Wildman–Crippen MR) is 90.1 cm³/mol. The minimum absolute atomic E-state index is 0.414. The zero-order valence-electron chi connectivity index (χ0n) is 12.3.